The number of rotatable bonds is 6. The smallest absolute Gasteiger partial charge is 0.220 e. The molecule has 0 aromatic carbocycles. The highest BCUT2D eigenvalue weighted by atomic mass is 35.5. The highest BCUT2D eigenvalue weighted by Gasteiger charge is 2.22. The van der Waals surface area contributed by atoms with Crippen molar-refractivity contribution in [2.75, 3.05) is 0 Å². The number of fused-ring (bicyclic) bond motifs is 1. The van der Waals surface area contributed by atoms with Crippen molar-refractivity contribution in [1.29, 1.82) is 0 Å². The zero-order valence-corrected chi connectivity index (χ0v) is 11.9. The van der Waals surface area contributed by atoms with E-state index in [1.54, 1.807) is 12.4 Å². The van der Waals surface area contributed by atoms with Crippen molar-refractivity contribution in [2.24, 2.45) is 0 Å². The van der Waals surface area contributed by atoms with E-state index in [0.29, 0.717) is 18.3 Å². The first-order valence-corrected chi connectivity index (χ1v) is 7.46. The third-order valence-electron chi connectivity index (χ3n) is 3.48. The first kappa shape index (κ1) is 13.4. The van der Waals surface area contributed by atoms with Crippen molar-refractivity contribution in [3.05, 3.63) is 24.3 Å². The van der Waals surface area contributed by atoms with Crippen LogP contribution in [0.25, 0.3) is 11.0 Å². The van der Waals surface area contributed by atoms with E-state index >= 15 is 0 Å². The third kappa shape index (κ3) is 2.93. The molecule has 0 bridgehead atoms. The summed E-state index contributed by atoms with van der Waals surface area (Å²) in [6.07, 6.45) is 7.07. The number of pyridine rings is 1. The van der Waals surface area contributed by atoms with Gasteiger partial charge in [0.15, 0.2) is 0 Å². The zero-order valence-electron chi connectivity index (χ0n) is 11.2. The number of nitrogens with one attached hydrogen (secondary N) is 1. The first-order chi connectivity index (χ1) is 9.78. The van der Waals surface area contributed by atoms with Gasteiger partial charge in [-0.25, -0.2) is 4.98 Å². The van der Waals surface area contributed by atoms with Crippen LogP contribution in [0.1, 0.15) is 31.5 Å². The number of aryl methyl sites for hydroxylation is 1. The van der Waals surface area contributed by atoms with Crippen molar-refractivity contribution in [3.63, 3.8) is 0 Å². The van der Waals surface area contributed by atoms with E-state index in [4.69, 9.17) is 11.6 Å². The fourth-order valence-corrected chi connectivity index (χ4v) is 2.51. The number of alkyl halides is 1. The highest BCUT2D eigenvalue weighted by molar-refractivity contribution is 6.16. The summed E-state index contributed by atoms with van der Waals surface area (Å²) in [5.41, 5.74) is 1.88. The predicted molar refractivity (Wildman–Crippen MR) is 77.5 cm³/mol. The van der Waals surface area contributed by atoms with Crippen molar-refractivity contribution < 1.29 is 4.79 Å². The van der Waals surface area contributed by atoms with Crippen LogP contribution < -0.4 is 5.32 Å². The summed E-state index contributed by atoms with van der Waals surface area (Å²) in [4.78, 5) is 20.2. The van der Waals surface area contributed by atoms with Gasteiger partial charge in [0.25, 0.3) is 0 Å². The van der Waals surface area contributed by atoms with Gasteiger partial charge in [-0.3, -0.25) is 9.78 Å². The van der Waals surface area contributed by atoms with Gasteiger partial charge in [0.1, 0.15) is 11.3 Å². The molecule has 0 atom stereocenters. The van der Waals surface area contributed by atoms with Crippen molar-refractivity contribution in [1.82, 2.24) is 19.9 Å². The number of nitrogens with zero attached hydrogens (tertiary/aromatic N) is 3. The number of carbonyl (C=O) groups excluding carboxylic acids is 1. The summed E-state index contributed by atoms with van der Waals surface area (Å²) in [7, 11) is 0. The number of hydrogen-bond donors (Lipinski definition) is 1. The van der Waals surface area contributed by atoms with Gasteiger partial charge in [-0.05, 0) is 25.3 Å². The molecule has 0 unspecified atom stereocenters. The van der Waals surface area contributed by atoms with Gasteiger partial charge in [0, 0.05) is 25.2 Å². The molecule has 1 saturated carbocycles. The monoisotopic (exact) mass is 292 g/mol. The van der Waals surface area contributed by atoms with E-state index in [1.807, 2.05) is 6.07 Å². The summed E-state index contributed by atoms with van der Waals surface area (Å²) in [5, 5.41) is 3.00. The average Bonchev–Trinajstić information content (AvgIpc) is 3.19. The molecule has 5 nitrogen and oxygen atoms in total. The number of aromatic nitrogens is 3. The van der Waals surface area contributed by atoms with Crippen LogP contribution >= 0.6 is 11.6 Å². The molecular formula is C14H17ClN4O. The Morgan fingerprint density at radius 1 is 1.50 bits per heavy atom. The Morgan fingerprint density at radius 2 is 2.35 bits per heavy atom. The summed E-state index contributed by atoms with van der Waals surface area (Å²) in [6.45, 7) is 0.751. The fourth-order valence-electron chi connectivity index (χ4n) is 2.31. The molecule has 106 valence electrons. The van der Waals surface area contributed by atoms with Crippen LogP contribution in [0.5, 0.6) is 0 Å². The molecule has 3 rings (SSSR count). The molecule has 0 spiro atoms. The number of hydrogen-bond acceptors (Lipinski definition) is 3. The summed E-state index contributed by atoms with van der Waals surface area (Å²) >= 11 is 5.94. The molecule has 2 aromatic rings. The Kier molecular flexibility index (Phi) is 3.87. The highest BCUT2D eigenvalue weighted by Crippen LogP contribution is 2.19. The molecule has 0 radical (unpaired) electrons. The van der Waals surface area contributed by atoms with Crippen LogP contribution in [-0.2, 0) is 17.2 Å². The van der Waals surface area contributed by atoms with E-state index in [1.165, 1.54) is 0 Å². The largest absolute Gasteiger partial charge is 0.353 e. The van der Waals surface area contributed by atoms with E-state index in [2.05, 4.69) is 19.9 Å². The molecule has 6 heteroatoms. The maximum absolute atomic E-state index is 11.7. The van der Waals surface area contributed by atoms with E-state index < -0.39 is 0 Å². The maximum atomic E-state index is 11.7. The lowest BCUT2D eigenvalue weighted by atomic mass is 10.3. The van der Waals surface area contributed by atoms with Crippen LogP contribution in [0.15, 0.2) is 18.5 Å². The number of halogens is 1. The Balaban J connectivity index is 1.65. The van der Waals surface area contributed by atoms with Gasteiger partial charge in [-0.15, -0.1) is 11.6 Å². The summed E-state index contributed by atoms with van der Waals surface area (Å²) in [6, 6.07) is 2.36. The van der Waals surface area contributed by atoms with Gasteiger partial charge in [-0.1, -0.05) is 0 Å². The molecule has 2 aromatic heterocycles. The van der Waals surface area contributed by atoms with Crippen LogP contribution in [0.2, 0.25) is 0 Å². The standard InChI is InChI=1S/C14H17ClN4O/c15-8-13-18-11-9-16-6-5-12(11)19(13)7-1-2-14(20)17-10-3-4-10/h5-6,9-10H,1-4,7-8H2,(H,17,20). The average molecular weight is 293 g/mol. The zero-order chi connectivity index (χ0) is 13.9. The molecule has 2 heterocycles. The van der Waals surface area contributed by atoms with E-state index in [-0.39, 0.29) is 5.91 Å². The van der Waals surface area contributed by atoms with Crippen LogP contribution in [0.3, 0.4) is 0 Å². The molecule has 1 aliphatic carbocycles. The number of carbonyl (C=O) groups is 1. The Labute approximate surface area is 122 Å². The summed E-state index contributed by atoms with van der Waals surface area (Å²) in [5.74, 6) is 1.34. The second-order valence-corrected chi connectivity index (χ2v) is 5.39. The Morgan fingerprint density at radius 3 is 3.10 bits per heavy atom. The van der Waals surface area contributed by atoms with Crippen molar-refractivity contribution in [3.8, 4) is 0 Å². The minimum absolute atomic E-state index is 0.144. The van der Waals surface area contributed by atoms with Gasteiger partial charge >= 0.3 is 0 Å². The second-order valence-electron chi connectivity index (χ2n) is 5.12. The lowest BCUT2D eigenvalue weighted by Gasteiger charge is -2.08. The molecule has 1 N–H and O–H groups in total. The van der Waals surface area contributed by atoms with Crippen molar-refractivity contribution in [2.45, 2.75) is 44.1 Å². The lowest BCUT2D eigenvalue weighted by Crippen LogP contribution is -2.25. The van der Waals surface area contributed by atoms with Crippen LogP contribution in [0.4, 0.5) is 0 Å². The van der Waals surface area contributed by atoms with Gasteiger partial charge in [0.2, 0.25) is 5.91 Å². The molecule has 1 aliphatic rings. The van der Waals surface area contributed by atoms with E-state index in [0.717, 1.165) is 42.7 Å². The summed E-state index contributed by atoms with van der Waals surface area (Å²) < 4.78 is 2.08. The van der Waals surface area contributed by atoms with E-state index in [9.17, 15) is 4.79 Å². The predicted octanol–water partition coefficient (Wildman–Crippen LogP) is 2.23. The quantitative estimate of drug-likeness (QED) is 0.831. The molecule has 1 fully saturated rings. The van der Waals surface area contributed by atoms with Gasteiger partial charge < -0.3 is 9.88 Å². The molecule has 0 saturated heterocycles. The number of amides is 1. The van der Waals surface area contributed by atoms with Crippen LogP contribution in [-0.4, -0.2) is 26.5 Å². The lowest BCUT2D eigenvalue weighted by molar-refractivity contribution is -0.121. The fraction of sp³-hybridized carbons (Fsp3) is 0.500. The minimum Gasteiger partial charge on any atom is -0.353 e. The second kappa shape index (κ2) is 5.79. The minimum atomic E-state index is 0.144. The first-order valence-electron chi connectivity index (χ1n) is 6.92. The van der Waals surface area contributed by atoms with Gasteiger partial charge in [-0.2, -0.15) is 0 Å². The molecular weight excluding hydrogens is 276 g/mol. The third-order valence-corrected chi connectivity index (χ3v) is 3.72. The van der Waals surface area contributed by atoms with Crippen LogP contribution in [0, 0.1) is 0 Å². The maximum Gasteiger partial charge on any atom is 0.220 e. The molecule has 1 amide bonds. The number of imidazole rings is 1. The Hall–Kier alpha value is -1.62. The van der Waals surface area contributed by atoms with Gasteiger partial charge in [0.05, 0.1) is 17.6 Å². The normalized spacial score (nSPS) is 14.7. The topological polar surface area (TPSA) is 59.8 Å². The molecule has 20 heavy (non-hydrogen) atoms. The SMILES string of the molecule is O=C(CCCn1c(CCl)nc2cnccc21)NC1CC1. The molecule has 0 aliphatic heterocycles. The Bertz CT molecular complexity index is 621. The van der Waals surface area contributed by atoms with Crippen molar-refractivity contribution >= 4 is 28.5 Å².